The zero-order chi connectivity index (χ0) is 20.6. The van der Waals surface area contributed by atoms with Crippen LogP contribution in [0, 0.1) is 5.92 Å². The summed E-state index contributed by atoms with van der Waals surface area (Å²) in [5.74, 6) is -0.514. The Labute approximate surface area is 174 Å². The number of nitrogens with one attached hydrogen (secondary N) is 1. The lowest BCUT2D eigenvalue weighted by atomic mass is 9.97. The summed E-state index contributed by atoms with van der Waals surface area (Å²) in [5, 5.41) is 5.35. The monoisotopic (exact) mass is 408 g/mol. The fourth-order valence-corrected chi connectivity index (χ4v) is 3.75. The summed E-state index contributed by atoms with van der Waals surface area (Å²) in [5.41, 5.74) is 2.19. The predicted molar refractivity (Wildman–Crippen MR) is 115 cm³/mol. The van der Waals surface area contributed by atoms with Gasteiger partial charge < -0.3 is 10.1 Å². The van der Waals surface area contributed by atoms with Gasteiger partial charge in [0.1, 0.15) is 5.01 Å². The van der Waals surface area contributed by atoms with E-state index < -0.39 is 5.97 Å². The predicted octanol–water partition coefficient (Wildman–Crippen LogP) is 4.87. The van der Waals surface area contributed by atoms with Crippen molar-refractivity contribution in [1.82, 2.24) is 10.3 Å². The number of amides is 1. The number of carbonyl (C=O) groups is 2. The Morgan fingerprint density at radius 1 is 1.03 bits per heavy atom. The van der Waals surface area contributed by atoms with Crippen LogP contribution >= 0.6 is 11.3 Å². The number of esters is 1. The van der Waals surface area contributed by atoms with Gasteiger partial charge >= 0.3 is 5.97 Å². The van der Waals surface area contributed by atoms with Crippen molar-refractivity contribution in [3.05, 3.63) is 77.3 Å². The molecule has 0 saturated heterocycles. The van der Waals surface area contributed by atoms with E-state index in [0.29, 0.717) is 5.92 Å². The third kappa shape index (κ3) is 5.99. The number of nitrogens with zero attached hydrogens (tertiary/aromatic N) is 1. The number of benzene rings is 2. The summed E-state index contributed by atoms with van der Waals surface area (Å²) in [6.45, 7) is 3.88. The molecule has 0 aliphatic rings. The zero-order valence-corrected chi connectivity index (χ0v) is 17.3. The van der Waals surface area contributed by atoms with Crippen LogP contribution in [-0.4, -0.2) is 23.5 Å². The quantitative estimate of drug-likeness (QED) is 0.540. The molecule has 1 atom stereocenters. The van der Waals surface area contributed by atoms with Crippen LogP contribution in [0.5, 0.6) is 0 Å². The molecule has 6 heteroatoms. The summed E-state index contributed by atoms with van der Waals surface area (Å²) < 4.78 is 5.17. The summed E-state index contributed by atoms with van der Waals surface area (Å²) in [7, 11) is 0. The van der Waals surface area contributed by atoms with Gasteiger partial charge in [0.25, 0.3) is 5.91 Å². The Kier molecular flexibility index (Phi) is 7.14. The summed E-state index contributed by atoms with van der Waals surface area (Å²) >= 11 is 1.37. The van der Waals surface area contributed by atoms with Crippen molar-refractivity contribution in [3.8, 4) is 10.6 Å². The number of rotatable bonds is 8. The normalized spacial score (nSPS) is 11.8. The minimum absolute atomic E-state index is 0.119. The highest BCUT2D eigenvalue weighted by molar-refractivity contribution is 7.13. The first-order valence-corrected chi connectivity index (χ1v) is 10.4. The lowest BCUT2D eigenvalue weighted by molar-refractivity contribution is -0.125. The Morgan fingerprint density at radius 3 is 2.34 bits per heavy atom. The van der Waals surface area contributed by atoms with E-state index >= 15 is 0 Å². The Balaban J connectivity index is 1.57. The number of carbonyl (C=O) groups excluding carboxylic acids is 2. The second kappa shape index (κ2) is 9.98. The average Bonchev–Trinajstić information content (AvgIpc) is 3.23. The molecule has 1 N–H and O–H groups in total. The molecule has 29 heavy (non-hydrogen) atoms. The van der Waals surface area contributed by atoms with Crippen LogP contribution in [-0.2, 0) is 9.53 Å². The summed E-state index contributed by atoms with van der Waals surface area (Å²) in [4.78, 5) is 29.0. The van der Waals surface area contributed by atoms with Gasteiger partial charge in [-0.25, -0.2) is 9.78 Å². The number of hydrogen-bond donors (Lipinski definition) is 1. The van der Waals surface area contributed by atoms with E-state index in [2.05, 4.69) is 24.1 Å². The van der Waals surface area contributed by atoms with E-state index in [-0.39, 0.29) is 24.2 Å². The van der Waals surface area contributed by atoms with Crippen molar-refractivity contribution in [2.24, 2.45) is 5.92 Å². The third-order valence-electron chi connectivity index (χ3n) is 4.31. The van der Waals surface area contributed by atoms with Crippen LogP contribution in [0.1, 0.15) is 42.4 Å². The first-order chi connectivity index (χ1) is 14.0. The molecule has 0 aliphatic heterocycles. The Morgan fingerprint density at radius 2 is 1.69 bits per heavy atom. The van der Waals surface area contributed by atoms with Crippen molar-refractivity contribution in [2.75, 3.05) is 6.61 Å². The van der Waals surface area contributed by atoms with Gasteiger partial charge in [-0.3, -0.25) is 4.79 Å². The number of hydrogen-bond acceptors (Lipinski definition) is 5. The Bertz CT molecular complexity index is 939. The maximum Gasteiger partial charge on any atom is 0.358 e. The first-order valence-electron chi connectivity index (χ1n) is 9.55. The van der Waals surface area contributed by atoms with Crippen LogP contribution in [0.2, 0.25) is 0 Å². The molecule has 0 spiro atoms. The molecule has 3 rings (SSSR count). The van der Waals surface area contributed by atoms with E-state index in [1.54, 1.807) is 5.38 Å². The maximum atomic E-state index is 12.4. The zero-order valence-electron chi connectivity index (χ0n) is 16.5. The maximum absolute atomic E-state index is 12.4. The number of ether oxygens (including phenoxy) is 1. The van der Waals surface area contributed by atoms with E-state index in [1.165, 1.54) is 11.3 Å². The second-order valence-corrected chi connectivity index (χ2v) is 8.00. The van der Waals surface area contributed by atoms with E-state index in [4.69, 9.17) is 4.74 Å². The topological polar surface area (TPSA) is 68.3 Å². The molecule has 0 aliphatic carbocycles. The molecule has 0 unspecified atom stereocenters. The molecule has 150 valence electrons. The van der Waals surface area contributed by atoms with Gasteiger partial charge in [0.05, 0.1) is 6.04 Å². The minimum Gasteiger partial charge on any atom is -0.451 e. The lowest BCUT2D eigenvalue weighted by Gasteiger charge is -2.21. The van der Waals surface area contributed by atoms with Gasteiger partial charge in [0.15, 0.2) is 12.3 Å². The van der Waals surface area contributed by atoms with Crippen molar-refractivity contribution < 1.29 is 14.3 Å². The highest BCUT2D eigenvalue weighted by Gasteiger charge is 2.19. The van der Waals surface area contributed by atoms with Crippen molar-refractivity contribution in [3.63, 3.8) is 0 Å². The number of thiazole rings is 1. The molecular weight excluding hydrogens is 384 g/mol. The standard InChI is InChI=1S/C23H24N2O3S/c1-16(2)13-19(17-9-5-3-6-10-17)24-21(26)14-28-23(27)20-15-29-22(25-20)18-11-7-4-8-12-18/h3-12,15-16,19H,13-14H2,1-2H3,(H,24,26)/t19-/m1/s1. The fourth-order valence-electron chi connectivity index (χ4n) is 2.96. The number of aromatic nitrogens is 1. The van der Waals surface area contributed by atoms with Crippen LogP contribution in [0.4, 0.5) is 0 Å². The Hall–Kier alpha value is -2.99. The van der Waals surface area contributed by atoms with Crippen LogP contribution in [0.15, 0.2) is 66.0 Å². The van der Waals surface area contributed by atoms with E-state index in [0.717, 1.165) is 22.6 Å². The molecule has 1 amide bonds. The molecule has 1 aromatic heterocycles. The largest absolute Gasteiger partial charge is 0.451 e. The SMILES string of the molecule is CC(C)C[C@@H](NC(=O)COC(=O)c1csc(-c2ccccc2)n1)c1ccccc1. The molecular formula is C23H24N2O3S. The van der Waals surface area contributed by atoms with E-state index in [1.807, 2.05) is 60.7 Å². The molecule has 3 aromatic rings. The molecule has 0 bridgehead atoms. The first kappa shape index (κ1) is 20.7. The van der Waals surface area contributed by atoms with Gasteiger partial charge in [0.2, 0.25) is 0 Å². The van der Waals surface area contributed by atoms with Gasteiger partial charge in [-0.1, -0.05) is 74.5 Å². The highest BCUT2D eigenvalue weighted by atomic mass is 32.1. The smallest absolute Gasteiger partial charge is 0.358 e. The molecule has 0 fully saturated rings. The average molecular weight is 409 g/mol. The molecule has 1 heterocycles. The van der Waals surface area contributed by atoms with Gasteiger partial charge in [-0.2, -0.15) is 0 Å². The third-order valence-corrected chi connectivity index (χ3v) is 5.20. The van der Waals surface area contributed by atoms with Crippen LogP contribution in [0.3, 0.4) is 0 Å². The van der Waals surface area contributed by atoms with Gasteiger partial charge in [-0.05, 0) is 17.9 Å². The van der Waals surface area contributed by atoms with Gasteiger partial charge in [0, 0.05) is 10.9 Å². The molecule has 0 saturated carbocycles. The summed E-state index contributed by atoms with van der Waals surface area (Å²) in [6.07, 6.45) is 0.802. The van der Waals surface area contributed by atoms with Gasteiger partial charge in [-0.15, -0.1) is 11.3 Å². The van der Waals surface area contributed by atoms with Crippen molar-refractivity contribution >= 4 is 23.2 Å². The minimum atomic E-state index is -0.598. The van der Waals surface area contributed by atoms with E-state index in [9.17, 15) is 9.59 Å². The fraction of sp³-hybridized carbons (Fsp3) is 0.261. The molecule has 5 nitrogen and oxygen atoms in total. The highest BCUT2D eigenvalue weighted by Crippen LogP contribution is 2.24. The van der Waals surface area contributed by atoms with Crippen molar-refractivity contribution in [2.45, 2.75) is 26.3 Å². The second-order valence-electron chi connectivity index (χ2n) is 7.14. The van der Waals surface area contributed by atoms with Crippen LogP contribution < -0.4 is 5.32 Å². The summed E-state index contributed by atoms with van der Waals surface area (Å²) in [6, 6.07) is 19.3. The molecule has 2 aromatic carbocycles. The van der Waals surface area contributed by atoms with Crippen molar-refractivity contribution in [1.29, 1.82) is 0 Å². The van der Waals surface area contributed by atoms with Crippen LogP contribution in [0.25, 0.3) is 10.6 Å². The lowest BCUT2D eigenvalue weighted by Crippen LogP contribution is -2.33. The molecule has 0 radical (unpaired) electrons.